The fourth-order valence-corrected chi connectivity index (χ4v) is 4.12. The SMILES string of the molecule is CCOC(=O)N1CCC(N2CCN(CC(C)(C)C)[C@@H](CCO)C2)CC1. The van der Waals surface area contributed by atoms with Crippen molar-refractivity contribution >= 4 is 6.09 Å². The molecule has 0 aromatic rings. The van der Waals surface area contributed by atoms with Crippen LogP contribution >= 0.6 is 0 Å². The topological polar surface area (TPSA) is 56.2 Å². The van der Waals surface area contributed by atoms with Gasteiger partial charge < -0.3 is 14.7 Å². The normalized spacial score (nSPS) is 24.5. The van der Waals surface area contributed by atoms with Crippen LogP contribution < -0.4 is 0 Å². The molecule has 0 radical (unpaired) electrons. The van der Waals surface area contributed by atoms with Crippen LogP contribution in [0.1, 0.15) is 47.0 Å². The van der Waals surface area contributed by atoms with Crippen LogP contribution in [0.4, 0.5) is 4.79 Å². The van der Waals surface area contributed by atoms with Gasteiger partial charge in [0.1, 0.15) is 0 Å². The van der Waals surface area contributed by atoms with E-state index in [0.29, 0.717) is 18.7 Å². The minimum Gasteiger partial charge on any atom is -0.450 e. The summed E-state index contributed by atoms with van der Waals surface area (Å²) in [6, 6.07) is 0.977. The molecule has 6 nitrogen and oxygen atoms in total. The number of nitrogens with zero attached hydrogens (tertiary/aromatic N) is 3. The lowest BCUT2D eigenvalue weighted by Crippen LogP contribution is -2.59. The lowest BCUT2D eigenvalue weighted by Gasteiger charge is -2.47. The van der Waals surface area contributed by atoms with Crippen LogP contribution in [-0.2, 0) is 4.74 Å². The molecular weight excluding hydrogens is 318 g/mol. The van der Waals surface area contributed by atoms with Gasteiger partial charge in [-0.1, -0.05) is 20.8 Å². The molecule has 146 valence electrons. The molecule has 1 amide bonds. The van der Waals surface area contributed by atoms with Crippen LogP contribution in [0, 0.1) is 5.41 Å². The van der Waals surface area contributed by atoms with E-state index in [1.807, 2.05) is 11.8 Å². The summed E-state index contributed by atoms with van der Waals surface area (Å²) in [7, 11) is 0. The summed E-state index contributed by atoms with van der Waals surface area (Å²) in [5.41, 5.74) is 0.279. The van der Waals surface area contributed by atoms with Crippen LogP contribution in [0.5, 0.6) is 0 Å². The second kappa shape index (κ2) is 9.19. The first-order valence-electron chi connectivity index (χ1n) is 9.84. The third kappa shape index (κ3) is 6.12. The van der Waals surface area contributed by atoms with Crippen LogP contribution in [0.2, 0.25) is 0 Å². The van der Waals surface area contributed by atoms with E-state index in [2.05, 4.69) is 30.6 Å². The number of piperidine rings is 1. The van der Waals surface area contributed by atoms with Crippen molar-refractivity contribution in [3.63, 3.8) is 0 Å². The predicted octanol–water partition coefficient (Wildman–Crippen LogP) is 2.02. The van der Waals surface area contributed by atoms with Crippen molar-refractivity contribution in [2.45, 2.75) is 59.0 Å². The van der Waals surface area contributed by atoms with Crippen molar-refractivity contribution in [3.8, 4) is 0 Å². The van der Waals surface area contributed by atoms with E-state index in [1.54, 1.807) is 0 Å². The van der Waals surface area contributed by atoms with Crippen LogP contribution in [0.3, 0.4) is 0 Å². The highest BCUT2D eigenvalue weighted by Crippen LogP contribution is 2.25. The molecule has 0 aromatic carbocycles. The number of likely N-dealkylation sites (tertiary alicyclic amines) is 1. The van der Waals surface area contributed by atoms with Gasteiger partial charge in [0.2, 0.25) is 0 Å². The number of ether oxygens (including phenoxy) is 1. The van der Waals surface area contributed by atoms with Gasteiger partial charge in [0.05, 0.1) is 6.61 Å². The average molecular weight is 356 g/mol. The summed E-state index contributed by atoms with van der Waals surface area (Å²) in [6.07, 6.45) is 2.70. The van der Waals surface area contributed by atoms with Gasteiger partial charge in [0.25, 0.3) is 0 Å². The number of aliphatic hydroxyl groups excluding tert-OH is 1. The highest BCUT2D eigenvalue weighted by Gasteiger charge is 2.34. The molecule has 0 bridgehead atoms. The summed E-state index contributed by atoms with van der Waals surface area (Å²) in [5.74, 6) is 0. The van der Waals surface area contributed by atoms with Crippen molar-refractivity contribution in [3.05, 3.63) is 0 Å². The quantitative estimate of drug-likeness (QED) is 0.818. The average Bonchev–Trinajstić information content (AvgIpc) is 2.56. The molecule has 0 aliphatic carbocycles. The van der Waals surface area contributed by atoms with Gasteiger partial charge in [0.15, 0.2) is 0 Å². The maximum atomic E-state index is 11.8. The Morgan fingerprint density at radius 2 is 1.84 bits per heavy atom. The van der Waals surface area contributed by atoms with Gasteiger partial charge in [-0.05, 0) is 31.6 Å². The van der Waals surface area contributed by atoms with Gasteiger partial charge in [-0.3, -0.25) is 9.80 Å². The molecule has 2 heterocycles. The number of rotatable bonds is 5. The number of hydrogen-bond donors (Lipinski definition) is 1. The van der Waals surface area contributed by atoms with E-state index in [9.17, 15) is 9.90 Å². The van der Waals surface area contributed by atoms with Gasteiger partial charge in [-0.15, -0.1) is 0 Å². The van der Waals surface area contributed by atoms with E-state index in [0.717, 1.165) is 58.5 Å². The van der Waals surface area contributed by atoms with E-state index < -0.39 is 0 Å². The zero-order valence-electron chi connectivity index (χ0n) is 16.5. The Labute approximate surface area is 153 Å². The van der Waals surface area contributed by atoms with Gasteiger partial charge in [0, 0.05) is 58.0 Å². The number of hydrogen-bond acceptors (Lipinski definition) is 5. The van der Waals surface area contributed by atoms with Crippen molar-refractivity contribution in [2.75, 3.05) is 52.5 Å². The highest BCUT2D eigenvalue weighted by molar-refractivity contribution is 5.67. The maximum Gasteiger partial charge on any atom is 0.409 e. The van der Waals surface area contributed by atoms with Crippen LogP contribution in [0.15, 0.2) is 0 Å². The molecule has 6 heteroatoms. The van der Waals surface area contributed by atoms with Gasteiger partial charge >= 0.3 is 6.09 Å². The Bertz CT molecular complexity index is 417. The molecule has 1 atom stereocenters. The Balaban J connectivity index is 1.87. The number of carbonyl (C=O) groups excluding carboxylic acids is 1. The largest absolute Gasteiger partial charge is 0.450 e. The molecule has 2 fully saturated rings. The zero-order chi connectivity index (χ0) is 18.4. The molecule has 0 unspecified atom stereocenters. The van der Waals surface area contributed by atoms with Gasteiger partial charge in [-0.25, -0.2) is 4.79 Å². The third-order valence-electron chi connectivity index (χ3n) is 5.28. The number of carbonyl (C=O) groups is 1. The first-order chi connectivity index (χ1) is 11.8. The molecule has 2 rings (SSSR count). The van der Waals surface area contributed by atoms with E-state index in [1.165, 1.54) is 0 Å². The number of piperazine rings is 1. The summed E-state index contributed by atoms with van der Waals surface area (Å²) in [4.78, 5) is 18.8. The Kier molecular flexibility index (Phi) is 7.52. The second-order valence-electron chi connectivity index (χ2n) is 8.61. The highest BCUT2D eigenvalue weighted by atomic mass is 16.6. The minimum absolute atomic E-state index is 0.172. The lowest BCUT2D eigenvalue weighted by molar-refractivity contribution is 0.00313. The second-order valence-corrected chi connectivity index (χ2v) is 8.61. The van der Waals surface area contributed by atoms with Gasteiger partial charge in [-0.2, -0.15) is 0 Å². The monoisotopic (exact) mass is 355 g/mol. The molecule has 0 spiro atoms. The summed E-state index contributed by atoms with van der Waals surface area (Å²) < 4.78 is 5.11. The fraction of sp³-hybridized carbons (Fsp3) is 0.947. The van der Waals surface area contributed by atoms with E-state index in [4.69, 9.17) is 4.74 Å². The maximum absolute atomic E-state index is 11.8. The molecule has 2 saturated heterocycles. The first kappa shape index (κ1) is 20.5. The minimum atomic E-state index is -0.172. The lowest BCUT2D eigenvalue weighted by atomic mass is 9.93. The number of aliphatic hydroxyl groups is 1. The van der Waals surface area contributed by atoms with Crippen molar-refractivity contribution < 1.29 is 14.6 Å². The molecule has 1 N–H and O–H groups in total. The van der Waals surface area contributed by atoms with Crippen LogP contribution in [-0.4, -0.2) is 90.5 Å². The Morgan fingerprint density at radius 1 is 1.16 bits per heavy atom. The number of amides is 1. The summed E-state index contributed by atoms with van der Waals surface area (Å²) in [5, 5.41) is 9.47. The molecular formula is C19H37N3O3. The first-order valence-corrected chi connectivity index (χ1v) is 9.84. The summed E-state index contributed by atoms with van der Waals surface area (Å²) >= 11 is 0. The van der Waals surface area contributed by atoms with Crippen molar-refractivity contribution in [1.29, 1.82) is 0 Å². The molecule has 2 aliphatic heterocycles. The standard InChI is InChI=1S/C19H37N3O3/c1-5-25-18(24)20-9-6-16(7-10-20)21-11-12-22(15-19(2,3)4)17(14-21)8-13-23/h16-17,23H,5-15H2,1-4H3/t17-/m0/s1. The molecule has 0 saturated carbocycles. The van der Waals surface area contributed by atoms with E-state index >= 15 is 0 Å². The van der Waals surface area contributed by atoms with Crippen LogP contribution in [0.25, 0.3) is 0 Å². The smallest absolute Gasteiger partial charge is 0.409 e. The summed E-state index contributed by atoms with van der Waals surface area (Å²) in [6.45, 7) is 15.2. The van der Waals surface area contributed by atoms with Crippen molar-refractivity contribution in [1.82, 2.24) is 14.7 Å². The molecule has 0 aromatic heterocycles. The Morgan fingerprint density at radius 3 is 2.40 bits per heavy atom. The predicted molar refractivity (Wildman–Crippen MR) is 99.7 cm³/mol. The molecule has 2 aliphatic rings. The van der Waals surface area contributed by atoms with Crippen molar-refractivity contribution in [2.24, 2.45) is 5.41 Å². The Hall–Kier alpha value is -0.850. The van der Waals surface area contributed by atoms with E-state index in [-0.39, 0.29) is 18.1 Å². The zero-order valence-corrected chi connectivity index (χ0v) is 16.5. The third-order valence-corrected chi connectivity index (χ3v) is 5.28. The fourth-order valence-electron chi connectivity index (χ4n) is 4.12. The molecule has 25 heavy (non-hydrogen) atoms.